The molecule has 0 bridgehead atoms. The summed E-state index contributed by atoms with van der Waals surface area (Å²) in [5.41, 5.74) is -0.475. The number of alkyl carbamates (subject to hydrolysis) is 1. The zero-order valence-electron chi connectivity index (χ0n) is 15.3. The first kappa shape index (κ1) is 18.7. The fourth-order valence-electron chi connectivity index (χ4n) is 2.77. The molecule has 1 aromatic heterocycles. The second-order valence-electron chi connectivity index (χ2n) is 7.43. The van der Waals surface area contributed by atoms with Crippen LogP contribution in [0, 0.1) is 0 Å². The number of nitrogens with one attached hydrogen (secondary N) is 1. The Balaban J connectivity index is 1.80. The molecular formula is C17H30N4O3. The number of carbonyl (C=O) groups is 1. The molecule has 1 atom stereocenters. The van der Waals surface area contributed by atoms with Gasteiger partial charge in [-0.3, -0.25) is 4.90 Å². The highest BCUT2D eigenvalue weighted by atomic mass is 16.6. The number of likely N-dealkylation sites (tertiary alicyclic amines) is 1. The maximum Gasteiger partial charge on any atom is 0.407 e. The number of piperidine rings is 1. The smallest absolute Gasteiger partial charge is 0.407 e. The van der Waals surface area contributed by atoms with Crippen LogP contribution in [0.5, 0.6) is 0 Å². The molecule has 0 radical (unpaired) electrons. The summed E-state index contributed by atoms with van der Waals surface area (Å²) in [4.78, 5) is 18.6. The summed E-state index contributed by atoms with van der Waals surface area (Å²) in [6, 6.07) is 0.0936. The molecule has 0 spiro atoms. The van der Waals surface area contributed by atoms with Crippen LogP contribution in [0.15, 0.2) is 4.52 Å². The van der Waals surface area contributed by atoms with Crippen LogP contribution in [0.3, 0.4) is 0 Å². The van der Waals surface area contributed by atoms with Crippen LogP contribution in [-0.4, -0.2) is 45.9 Å². The van der Waals surface area contributed by atoms with Crippen molar-refractivity contribution in [2.24, 2.45) is 0 Å². The Bertz CT molecular complexity index is 524. The largest absolute Gasteiger partial charge is 0.444 e. The molecule has 0 saturated carbocycles. The van der Waals surface area contributed by atoms with Gasteiger partial charge in [0.05, 0.1) is 6.54 Å². The van der Waals surface area contributed by atoms with Crippen molar-refractivity contribution < 1.29 is 14.1 Å². The first-order chi connectivity index (χ1) is 11.4. The van der Waals surface area contributed by atoms with Gasteiger partial charge in [-0.05, 0) is 46.6 Å². The summed E-state index contributed by atoms with van der Waals surface area (Å²) in [7, 11) is 0. The Morgan fingerprint density at radius 1 is 1.46 bits per heavy atom. The zero-order chi connectivity index (χ0) is 17.6. The zero-order valence-corrected chi connectivity index (χ0v) is 15.3. The maximum absolute atomic E-state index is 11.9. The number of unbranched alkanes of at least 4 members (excludes halogenated alkanes) is 1. The number of carbonyl (C=O) groups excluding carboxylic acids is 1. The van der Waals surface area contributed by atoms with Crippen LogP contribution in [0.2, 0.25) is 0 Å². The Hall–Kier alpha value is -1.63. The molecule has 1 fully saturated rings. The lowest BCUT2D eigenvalue weighted by molar-refractivity contribution is 0.0467. The number of aromatic nitrogens is 2. The number of aryl methyl sites for hydroxylation is 1. The van der Waals surface area contributed by atoms with Crippen LogP contribution in [0.25, 0.3) is 0 Å². The van der Waals surface area contributed by atoms with Gasteiger partial charge in [-0.2, -0.15) is 4.98 Å². The summed E-state index contributed by atoms with van der Waals surface area (Å²) >= 11 is 0. The van der Waals surface area contributed by atoms with Crippen molar-refractivity contribution in [1.29, 1.82) is 0 Å². The number of rotatable bonds is 6. The fourth-order valence-corrected chi connectivity index (χ4v) is 2.77. The van der Waals surface area contributed by atoms with Crippen LogP contribution in [-0.2, 0) is 17.7 Å². The highest BCUT2D eigenvalue weighted by Crippen LogP contribution is 2.14. The second kappa shape index (κ2) is 8.46. The van der Waals surface area contributed by atoms with Gasteiger partial charge >= 0.3 is 6.09 Å². The van der Waals surface area contributed by atoms with Crippen LogP contribution in [0.1, 0.15) is 65.1 Å². The van der Waals surface area contributed by atoms with E-state index in [0.29, 0.717) is 12.4 Å². The van der Waals surface area contributed by atoms with Crippen molar-refractivity contribution in [3.63, 3.8) is 0 Å². The average Bonchev–Trinajstić information content (AvgIpc) is 2.91. The summed E-state index contributed by atoms with van der Waals surface area (Å²) in [5.74, 6) is 1.44. The van der Waals surface area contributed by atoms with E-state index in [9.17, 15) is 4.79 Å². The quantitative estimate of drug-likeness (QED) is 0.859. The first-order valence-electron chi connectivity index (χ1n) is 8.89. The van der Waals surface area contributed by atoms with Crippen molar-refractivity contribution in [3.8, 4) is 0 Å². The van der Waals surface area contributed by atoms with E-state index in [1.807, 2.05) is 20.8 Å². The molecule has 2 heterocycles. The molecule has 0 aromatic carbocycles. The van der Waals surface area contributed by atoms with Crippen LogP contribution in [0.4, 0.5) is 4.79 Å². The highest BCUT2D eigenvalue weighted by Gasteiger charge is 2.25. The van der Waals surface area contributed by atoms with Gasteiger partial charge in [0, 0.05) is 19.0 Å². The standard InChI is InChI=1S/C17H30N4O3/c1-5-6-9-14-19-15(24-20-14)12-21-10-7-8-13(11-21)18-16(22)23-17(2,3)4/h13H,5-12H2,1-4H3,(H,18,22). The fraction of sp³-hybridized carbons (Fsp3) is 0.824. The van der Waals surface area contributed by atoms with E-state index < -0.39 is 5.60 Å². The van der Waals surface area contributed by atoms with Crippen molar-refractivity contribution >= 4 is 6.09 Å². The van der Waals surface area contributed by atoms with Gasteiger partial charge in [0.2, 0.25) is 5.89 Å². The van der Waals surface area contributed by atoms with Gasteiger partial charge in [0.25, 0.3) is 0 Å². The van der Waals surface area contributed by atoms with E-state index in [2.05, 4.69) is 27.3 Å². The summed E-state index contributed by atoms with van der Waals surface area (Å²) < 4.78 is 10.7. The third kappa shape index (κ3) is 6.47. The van der Waals surface area contributed by atoms with E-state index in [1.54, 1.807) is 0 Å². The maximum atomic E-state index is 11.9. The van der Waals surface area contributed by atoms with E-state index in [-0.39, 0.29) is 12.1 Å². The number of amides is 1. The minimum absolute atomic E-state index is 0.0936. The predicted molar refractivity (Wildman–Crippen MR) is 90.6 cm³/mol. The second-order valence-corrected chi connectivity index (χ2v) is 7.43. The van der Waals surface area contributed by atoms with E-state index in [0.717, 1.165) is 51.0 Å². The molecule has 7 heteroatoms. The number of hydrogen-bond acceptors (Lipinski definition) is 6. The van der Waals surface area contributed by atoms with E-state index in [4.69, 9.17) is 9.26 Å². The van der Waals surface area contributed by atoms with Gasteiger partial charge < -0.3 is 14.6 Å². The minimum atomic E-state index is -0.475. The lowest BCUT2D eigenvalue weighted by Crippen LogP contribution is -2.48. The lowest BCUT2D eigenvalue weighted by atomic mass is 10.1. The number of hydrogen-bond donors (Lipinski definition) is 1. The summed E-state index contributed by atoms with van der Waals surface area (Å²) in [6.07, 6.45) is 4.69. The third-order valence-corrected chi connectivity index (χ3v) is 3.85. The van der Waals surface area contributed by atoms with Gasteiger partial charge in [0.15, 0.2) is 5.82 Å². The first-order valence-corrected chi connectivity index (χ1v) is 8.89. The molecule has 1 aromatic rings. The topological polar surface area (TPSA) is 80.5 Å². The Kier molecular flexibility index (Phi) is 6.60. The molecule has 0 aliphatic carbocycles. The van der Waals surface area contributed by atoms with Gasteiger partial charge in [-0.25, -0.2) is 4.79 Å². The van der Waals surface area contributed by atoms with Crippen molar-refractivity contribution in [2.45, 2.75) is 78.0 Å². The minimum Gasteiger partial charge on any atom is -0.444 e. The molecule has 1 saturated heterocycles. The van der Waals surface area contributed by atoms with Crippen LogP contribution >= 0.6 is 0 Å². The van der Waals surface area contributed by atoms with Crippen molar-refractivity contribution in [1.82, 2.24) is 20.4 Å². The summed E-state index contributed by atoms with van der Waals surface area (Å²) in [6.45, 7) is 10.1. The molecular weight excluding hydrogens is 308 g/mol. The molecule has 136 valence electrons. The molecule has 1 amide bonds. The van der Waals surface area contributed by atoms with Gasteiger partial charge in [-0.15, -0.1) is 0 Å². The van der Waals surface area contributed by atoms with E-state index in [1.165, 1.54) is 0 Å². The normalized spacial score (nSPS) is 19.2. The van der Waals surface area contributed by atoms with Crippen molar-refractivity contribution in [2.75, 3.05) is 13.1 Å². The molecule has 1 N–H and O–H groups in total. The number of ether oxygens (including phenoxy) is 1. The summed E-state index contributed by atoms with van der Waals surface area (Å²) in [5, 5.41) is 6.98. The molecule has 1 unspecified atom stereocenters. The Labute approximate surface area is 144 Å². The average molecular weight is 338 g/mol. The number of nitrogens with zero attached hydrogens (tertiary/aromatic N) is 3. The molecule has 1 aliphatic rings. The van der Waals surface area contributed by atoms with Crippen LogP contribution < -0.4 is 5.32 Å². The SMILES string of the molecule is CCCCc1noc(CN2CCCC(NC(=O)OC(C)(C)C)C2)n1. The van der Waals surface area contributed by atoms with Gasteiger partial charge in [0.1, 0.15) is 5.60 Å². The Morgan fingerprint density at radius 3 is 2.96 bits per heavy atom. The highest BCUT2D eigenvalue weighted by molar-refractivity contribution is 5.68. The predicted octanol–water partition coefficient (Wildman–Crippen LogP) is 2.90. The Morgan fingerprint density at radius 2 is 2.25 bits per heavy atom. The van der Waals surface area contributed by atoms with Crippen molar-refractivity contribution in [3.05, 3.63) is 11.7 Å². The third-order valence-electron chi connectivity index (χ3n) is 3.85. The molecule has 7 nitrogen and oxygen atoms in total. The molecule has 2 rings (SSSR count). The monoisotopic (exact) mass is 338 g/mol. The lowest BCUT2D eigenvalue weighted by Gasteiger charge is -2.32. The van der Waals surface area contributed by atoms with Gasteiger partial charge in [-0.1, -0.05) is 18.5 Å². The van der Waals surface area contributed by atoms with E-state index >= 15 is 0 Å². The molecule has 24 heavy (non-hydrogen) atoms. The molecule has 1 aliphatic heterocycles.